The van der Waals surface area contributed by atoms with Gasteiger partial charge in [0.05, 0.1) is 5.88 Å². The molecule has 2 heterocycles. The van der Waals surface area contributed by atoms with Gasteiger partial charge in [0.15, 0.2) is 0 Å². The molecule has 20 heavy (non-hydrogen) atoms. The van der Waals surface area contributed by atoms with E-state index in [4.69, 9.17) is 11.6 Å². The molecule has 2 rings (SSSR count). The minimum absolute atomic E-state index is 0.401. The number of pyridine rings is 1. The summed E-state index contributed by atoms with van der Waals surface area (Å²) in [6.07, 6.45) is 5.66. The van der Waals surface area contributed by atoms with Crippen molar-refractivity contribution in [2.45, 2.75) is 45.9 Å². The number of alkyl halides is 1. The van der Waals surface area contributed by atoms with Crippen molar-refractivity contribution in [3.05, 3.63) is 22.3 Å². The Hall–Kier alpha value is -0.280. The summed E-state index contributed by atoms with van der Waals surface area (Å²) < 4.78 is 0.999. The van der Waals surface area contributed by atoms with E-state index in [2.05, 4.69) is 52.7 Å². The van der Waals surface area contributed by atoms with Gasteiger partial charge in [-0.2, -0.15) is 0 Å². The normalized spacial score (nSPS) is 20.9. The molecule has 1 aliphatic heterocycles. The molecule has 0 N–H and O–H groups in total. The van der Waals surface area contributed by atoms with Crippen LogP contribution in [0.2, 0.25) is 0 Å². The van der Waals surface area contributed by atoms with E-state index in [1.807, 2.05) is 6.20 Å². The predicted molar refractivity (Wildman–Crippen MR) is 90.5 cm³/mol. The van der Waals surface area contributed by atoms with Crippen LogP contribution >= 0.6 is 27.5 Å². The Kier molecular flexibility index (Phi) is 5.36. The number of anilines is 1. The van der Waals surface area contributed by atoms with Crippen LogP contribution in [0.3, 0.4) is 0 Å². The monoisotopic (exact) mass is 358 g/mol. The second-order valence-corrected chi connectivity index (χ2v) is 7.93. The van der Waals surface area contributed by atoms with Gasteiger partial charge in [0.2, 0.25) is 0 Å². The number of hydrogen-bond donors (Lipinski definition) is 0. The highest BCUT2D eigenvalue weighted by atomic mass is 79.9. The van der Waals surface area contributed by atoms with Gasteiger partial charge in [0.25, 0.3) is 0 Å². The molecule has 0 saturated carbocycles. The second-order valence-electron chi connectivity index (χ2n) is 6.75. The van der Waals surface area contributed by atoms with E-state index >= 15 is 0 Å². The molecular weight excluding hydrogens is 336 g/mol. The summed E-state index contributed by atoms with van der Waals surface area (Å²) >= 11 is 9.55. The van der Waals surface area contributed by atoms with Crippen LogP contribution in [0.15, 0.2) is 16.7 Å². The zero-order chi connectivity index (χ0) is 14.8. The first-order valence-electron chi connectivity index (χ1n) is 7.37. The zero-order valence-corrected chi connectivity index (χ0v) is 15.0. The van der Waals surface area contributed by atoms with Crippen LogP contribution in [0.4, 0.5) is 5.82 Å². The number of hydrogen-bond acceptors (Lipinski definition) is 2. The smallest absolute Gasteiger partial charge is 0.133 e. The molecule has 0 spiro atoms. The van der Waals surface area contributed by atoms with Gasteiger partial charge in [-0.25, -0.2) is 4.98 Å². The summed E-state index contributed by atoms with van der Waals surface area (Å²) in [5.41, 5.74) is 1.52. The van der Waals surface area contributed by atoms with Crippen molar-refractivity contribution in [1.82, 2.24) is 4.98 Å². The van der Waals surface area contributed by atoms with Crippen molar-refractivity contribution >= 4 is 33.3 Å². The van der Waals surface area contributed by atoms with Crippen molar-refractivity contribution in [2.24, 2.45) is 11.3 Å². The first kappa shape index (κ1) is 16.1. The fourth-order valence-electron chi connectivity index (χ4n) is 3.03. The Morgan fingerprint density at radius 3 is 2.75 bits per heavy atom. The SMILES string of the molecule is CC(C)(C)C1CCCN(c2ncc(Br)cc2CCl)CC1. The molecule has 2 nitrogen and oxygen atoms in total. The van der Waals surface area contributed by atoms with Crippen molar-refractivity contribution in [1.29, 1.82) is 0 Å². The molecule has 1 aliphatic rings. The number of halogens is 2. The van der Waals surface area contributed by atoms with Crippen LogP contribution in [0.25, 0.3) is 0 Å². The van der Waals surface area contributed by atoms with E-state index in [1.54, 1.807) is 0 Å². The van der Waals surface area contributed by atoms with Gasteiger partial charge in [0, 0.05) is 29.3 Å². The molecule has 1 unspecified atom stereocenters. The summed E-state index contributed by atoms with van der Waals surface area (Å²) in [5.74, 6) is 2.38. The molecule has 1 atom stereocenters. The van der Waals surface area contributed by atoms with E-state index in [-0.39, 0.29) is 0 Å². The maximum absolute atomic E-state index is 6.08. The van der Waals surface area contributed by atoms with Gasteiger partial charge >= 0.3 is 0 Å². The van der Waals surface area contributed by atoms with Crippen LogP contribution in [-0.4, -0.2) is 18.1 Å². The van der Waals surface area contributed by atoms with Gasteiger partial charge < -0.3 is 4.90 Å². The number of rotatable bonds is 2. The highest BCUT2D eigenvalue weighted by Gasteiger charge is 2.27. The lowest BCUT2D eigenvalue weighted by Crippen LogP contribution is -2.27. The fourth-order valence-corrected chi connectivity index (χ4v) is 3.61. The summed E-state index contributed by atoms with van der Waals surface area (Å²) in [7, 11) is 0. The van der Waals surface area contributed by atoms with E-state index in [0.29, 0.717) is 11.3 Å². The first-order valence-corrected chi connectivity index (χ1v) is 8.70. The van der Waals surface area contributed by atoms with Crippen molar-refractivity contribution < 1.29 is 0 Å². The highest BCUT2D eigenvalue weighted by molar-refractivity contribution is 9.10. The quantitative estimate of drug-likeness (QED) is 0.672. The molecule has 4 heteroatoms. The minimum atomic E-state index is 0.401. The van der Waals surface area contributed by atoms with Crippen LogP contribution in [0.1, 0.15) is 45.6 Å². The van der Waals surface area contributed by atoms with Gasteiger partial charge in [0.1, 0.15) is 5.82 Å². The standard InChI is InChI=1S/C16H24BrClN2/c1-16(2,3)13-5-4-7-20(8-6-13)15-12(10-18)9-14(17)11-19-15/h9,11,13H,4-8,10H2,1-3H3. The summed E-state index contributed by atoms with van der Waals surface area (Å²) in [5, 5.41) is 0. The molecule has 0 aromatic carbocycles. The van der Waals surface area contributed by atoms with Gasteiger partial charge in [-0.05, 0) is 52.6 Å². The van der Waals surface area contributed by atoms with E-state index in [1.165, 1.54) is 19.3 Å². The Balaban J connectivity index is 2.15. The Labute approximate surface area is 136 Å². The topological polar surface area (TPSA) is 16.1 Å². The molecule has 112 valence electrons. The third-order valence-corrected chi connectivity index (χ3v) is 5.03. The third-order valence-electron chi connectivity index (χ3n) is 4.31. The second kappa shape index (κ2) is 6.65. The summed E-state index contributed by atoms with van der Waals surface area (Å²) in [6.45, 7) is 9.24. The lowest BCUT2D eigenvalue weighted by Gasteiger charge is -2.30. The lowest BCUT2D eigenvalue weighted by molar-refractivity contribution is 0.220. The molecule has 1 fully saturated rings. The van der Waals surface area contributed by atoms with Crippen LogP contribution < -0.4 is 4.90 Å². The Bertz CT molecular complexity index is 456. The number of nitrogens with zero attached hydrogens (tertiary/aromatic N) is 2. The molecule has 1 aromatic heterocycles. The largest absolute Gasteiger partial charge is 0.356 e. The molecule has 1 saturated heterocycles. The third kappa shape index (κ3) is 3.88. The zero-order valence-electron chi connectivity index (χ0n) is 12.6. The first-order chi connectivity index (χ1) is 9.41. The van der Waals surface area contributed by atoms with E-state index in [0.717, 1.165) is 34.9 Å². The lowest BCUT2D eigenvalue weighted by atomic mass is 9.77. The highest BCUT2D eigenvalue weighted by Crippen LogP contribution is 2.35. The van der Waals surface area contributed by atoms with E-state index in [9.17, 15) is 0 Å². The average Bonchev–Trinajstić information content (AvgIpc) is 2.63. The molecule has 0 bridgehead atoms. The molecule has 0 aliphatic carbocycles. The van der Waals surface area contributed by atoms with Crippen LogP contribution in [0, 0.1) is 11.3 Å². The fraction of sp³-hybridized carbons (Fsp3) is 0.688. The maximum Gasteiger partial charge on any atom is 0.133 e. The van der Waals surface area contributed by atoms with Crippen molar-refractivity contribution in [3.63, 3.8) is 0 Å². The van der Waals surface area contributed by atoms with Crippen LogP contribution in [-0.2, 0) is 5.88 Å². The van der Waals surface area contributed by atoms with E-state index < -0.39 is 0 Å². The van der Waals surface area contributed by atoms with Crippen LogP contribution in [0.5, 0.6) is 0 Å². The predicted octanol–water partition coefficient (Wildman–Crippen LogP) is 5.24. The maximum atomic E-state index is 6.08. The molecule has 0 amide bonds. The van der Waals surface area contributed by atoms with Gasteiger partial charge in [-0.1, -0.05) is 20.8 Å². The minimum Gasteiger partial charge on any atom is -0.356 e. The van der Waals surface area contributed by atoms with Crippen molar-refractivity contribution in [2.75, 3.05) is 18.0 Å². The average molecular weight is 360 g/mol. The Morgan fingerprint density at radius 2 is 2.10 bits per heavy atom. The summed E-state index contributed by atoms with van der Waals surface area (Å²) in [6, 6.07) is 2.08. The van der Waals surface area contributed by atoms with Gasteiger partial charge in [-0.3, -0.25) is 0 Å². The number of aromatic nitrogens is 1. The van der Waals surface area contributed by atoms with Gasteiger partial charge in [-0.15, -0.1) is 11.6 Å². The Morgan fingerprint density at radius 1 is 1.35 bits per heavy atom. The molecule has 1 aromatic rings. The van der Waals surface area contributed by atoms with Crippen molar-refractivity contribution in [3.8, 4) is 0 Å². The molecule has 0 radical (unpaired) electrons. The molecular formula is C16H24BrClN2. The summed E-state index contributed by atoms with van der Waals surface area (Å²) in [4.78, 5) is 7.01.